The normalized spacial score (nSPS) is 17.8. The fourth-order valence-corrected chi connectivity index (χ4v) is 1.57. The van der Waals surface area contributed by atoms with Gasteiger partial charge in [0.1, 0.15) is 5.76 Å². The van der Waals surface area contributed by atoms with E-state index in [9.17, 15) is 14.7 Å². The summed E-state index contributed by atoms with van der Waals surface area (Å²) in [4.78, 5) is 23.1. The SMILES string of the molecule is CCCCC1=C(O)C(C)=C(C)C(=O)C1=O. The van der Waals surface area contributed by atoms with Crippen molar-refractivity contribution in [2.24, 2.45) is 0 Å². The number of hydrogen-bond donors (Lipinski definition) is 1. The van der Waals surface area contributed by atoms with Crippen molar-refractivity contribution in [3.8, 4) is 0 Å². The van der Waals surface area contributed by atoms with E-state index in [0.717, 1.165) is 12.8 Å². The van der Waals surface area contributed by atoms with E-state index in [2.05, 4.69) is 0 Å². The zero-order chi connectivity index (χ0) is 11.6. The summed E-state index contributed by atoms with van der Waals surface area (Å²) in [5.41, 5.74) is 1.17. The Hall–Kier alpha value is -1.38. The van der Waals surface area contributed by atoms with Crippen molar-refractivity contribution in [3.63, 3.8) is 0 Å². The monoisotopic (exact) mass is 208 g/mol. The molecule has 0 spiro atoms. The first-order valence-electron chi connectivity index (χ1n) is 5.19. The highest BCUT2D eigenvalue weighted by Gasteiger charge is 2.30. The number of hydrogen-bond acceptors (Lipinski definition) is 3. The Kier molecular flexibility index (Phi) is 3.45. The zero-order valence-electron chi connectivity index (χ0n) is 9.39. The molecule has 0 aliphatic heterocycles. The smallest absolute Gasteiger partial charge is 0.232 e. The molecule has 1 aliphatic carbocycles. The summed E-state index contributed by atoms with van der Waals surface area (Å²) in [7, 11) is 0. The zero-order valence-corrected chi connectivity index (χ0v) is 9.39. The Labute approximate surface area is 89.5 Å². The third-order valence-corrected chi connectivity index (χ3v) is 2.80. The third-order valence-electron chi connectivity index (χ3n) is 2.80. The maximum atomic E-state index is 11.6. The number of Topliss-reactive ketones (excluding diaryl/α,β-unsaturated/α-hetero) is 2. The second-order valence-corrected chi connectivity index (χ2v) is 3.84. The van der Waals surface area contributed by atoms with Crippen LogP contribution in [0.5, 0.6) is 0 Å². The number of allylic oxidation sites excluding steroid dienone is 3. The summed E-state index contributed by atoms with van der Waals surface area (Å²) in [6.45, 7) is 5.24. The van der Waals surface area contributed by atoms with Gasteiger partial charge in [-0.25, -0.2) is 0 Å². The van der Waals surface area contributed by atoms with Crippen molar-refractivity contribution in [2.45, 2.75) is 40.0 Å². The Morgan fingerprint density at radius 3 is 2.20 bits per heavy atom. The van der Waals surface area contributed by atoms with Gasteiger partial charge in [0.25, 0.3) is 0 Å². The van der Waals surface area contributed by atoms with E-state index >= 15 is 0 Å². The second-order valence-electron chi connectivity index (χ2n) is 3.84. The molecule has 0 aromatic carbocycles. The van der Waals surface area contributed by atoms with Crippen LogP contribution in [0.3, 0.4) is 0 Å². The minimum Gasteiger partial charge on any atom is -0.507 e. The van der Waals surface area contributed by atoms with Gasteiger partial charge < -0.3 is 5.11 Å². The summed E-state index contributed by atoms with van der Waals surface area (Å²) in [6, 6.07) is 0. The quantitative estimate of drug-likeness (QED) is 0.572. The number of carbonyl (C=O) groups is 2. The Morgan fingerprint density at radius 2 is 1.67 bits per heavy atom. The predicted molar refractivity (Wildman–Crippen MR) is 57.6 cm³/mol. The molecule has 3 nitrogen and oxygen atoms in total. The van der Waals surface area contributed by atoms with Crippen LogP contribution < -0.4 is 0 Å². The van der Waals surface area contributed by atoms with Gasteiger partial charge in [0.05, 0.1) is 0 Å². The number of carbonyl (C=O) groups excluding carboxylic acids is 2. The van der Waals surface area contributed by atoms with Crippen LogP contribution in [-0.4, -0.2) is 16.7 Å². The van der Waals surface area contributed by atoms with E-state index in [1.54, 1.807) is 13.8 Å². The largest absolute Gasteiger partial charge is 0.507 e. The molecule has 0 saturated carbocycles. The van der Waals surface area contributed by atoms with Crippen LogP contribution in [0.4, 0.5) is 0 Å². The van der Waals surface area contributed by atoms with Crippen molar-refractivity contribution in [2.75, 3.05) is 0 Å². The first-order chi connectivity index (χ1) is 7.00. The van der Waals surface area contributed by atoms with Gasteiger partial charge in [0, 0.05) is 11.1 Å². The number of unbranched alkanes of at least 4 members (excludes halogenated alkanes) is 1. The highest BCUT2D eigenvalue weighted by molar-refractivity contribution is 6.50. The van der Waals surface area contributed by atoms with Gasteiger partial charge in [-0.05, 0) is 32.3 Å². The topological polar surface area (TPSA) is 54.4 Å². The summed E-state index contributed by atoms with van der Waals surface area (Å²) in [5, 5.41) is 9.77. The van der Waals surface area contributed by atoms with Crippen molar-refractivity contribution in [1.29, 1.82) is 0 Å². The molecular weight excluding hydrogens is 192 g/mol. The average Bonchev–Trinajstić information content (AvgIpc) is 2.24. The molecule has 1 aliphatic rings. The van der Waals surface area contributed by atoms with Crippen molar-refractivity contribution >= 4 is 11.6 Å². The molecule has 0 saturated heterocycles. The molecule has 0 aromatic heterocycles. The number of rotatable bonds is 3. The molecule has 1 N–H and O–H groups in total. The Balaban J connectivity index is 3.11. The summed E-state index contributed by atoms with van der Waals surface area (Å²) >= 11 is 0. The number of ketones is 2. The second kappa shape index (κ2) is 4.43. The van der Waals surface area contributed by atoms with Crippen LogP contribution in [0.1, 0.15) is 40.0 Å². The molecule has 15 heavy (non-hydrogen) atoms. The summed E-state index contributed by atoms with van der Waals surface area (Å²) in [6.07, 6.45) is 2.22. The van der Waals surface area contributed by atoms with E-state index in [0.29, 0.717) is 17.6 Å². The first kappa shape index (κ1) is 11.7. The third kappa shape index (κ3) is 2.01. The predicted octanol–water partition coefficient (Wildman–Crippen LogP) is 2.48. The summed E-state index contributed by atoms with van der Waals surface area (Å²) < 4.78 is 0. The van der Waals surface area contributed by atoms with E-state index in [1.165, 1.54) is 0 Å². The first-order valence-corrected chi connectivity index (χ1v) is 5.19. The lowest BCUT2D eigenvalue weighted by Crippen LogP contribution is -2.24. The molecule has 0 fully saturated rings. The van der Waals surface area contributed by atoms with Crippen molar-refractivity contribution < 1.29 is 14.7 Å². The highest BCUT2D eigenvalue weighted by atomic mass is 16.3. The van der Waals surface area contributed by atoms with E-state index in [-0.39, 0.29) is 11.3 Å². The molecule has 0 amide bonds. The van der Waals surface area contributed by atoms with Crippen LogP contribution in [0.25, 0.3) is 0 Å². The molecule has 0 bridgehead atoms. The fourth-order valence-electron chi connectivity index (χ4n) is 1.57. The molecular formula is C12H16O3. The van der Waals surface area contributed by atoms with E-state index in [4.69, 9.17) is 0 Å². The van der Waals surface area contributed by atoms with Gasteiger partial charge in [-0.15, -0.1) is 0 Å². The molecule has 0 aromatic rings. The molecule has 0 unspecified atom stereocenters. The van der Waals surface area contributed by atoms with Gasteiger partial charge in [-0.2, -0.15) is 0 Å². The maximum absolute atomic E-state index is 11.6. The lowest BCUT2D eigenvalue weighted by Gasteiger charge is -2.16. The van der Waals surface area contributed by atoms with Crippen LogP contribution in [-0.2, 0) is 9.59 Å². The van der Waals surface area contributed by atoms with Gasteiger partial charge in [-0.1, -0.05) is 13.3 Å². The standard InChI is InChI=1S/C12H16O3/c1-4-5-6-9-10(13)7(2)8(3)11(14)12(9)15/h13H,4-6H2,1-3H3. The maximum Gasteiger partial charge on any atom is 0.232 e. The summed E-state index contributed by atoms with van der Waals surface area (Å²) in [5.74, 6) is -1.01. The van der Waals surface area contributed by atoms with Gasteiger partial charge in [-0.3, -0.25) is 9.59 Å². The molecule has 0 heterocycles. The fraction of sp³-hybridized carbons (Fsp3) is 0.500. The Bertz CT molecular complexity index is 372. The van der Waals surface area contributed by atoms with Crippen LogP contribution in [0.2, 0.25) is 0 Å². The molecule has 1 rings (SSSR count). The number of aliphatic hydroxyl groups is 1. The van der Waals surface area contributed by atoms with Gasteiger partial charge in [0.15, 0.2) is 0 Å². The lowest BCUT2D eigenvalue weighted by atomic mass is 9.88. The van der Waals surface area contributed by atoms with E-state index in [1.807, 2.05) is 6.92 Å². The van der Waals surface area contributed by atoms with Gasteiger partial charge >= 0.3 is 0 Å². The molecule has 0 radical (unpaired) electrons. The minimum absolute atomic E-state index is 0.00514. The highest BCUT2D eigenvalue weighted by Crippen LogP contribution is 2.26. The molecule has 82 valence electrons. The van der Waals surface area contributed by atoms with Crippen molar-refractivity contribution in [3.05, 3.63) is 22.5 Å². The van der Waals surface area contributed by atoms with Crippen LogP contribution in [0.15, 0.2) is 22.5 Å². The van der Waals surface area contributed by atoms with E-state index < -0.39 is 11.6 Å². The minimum atomic E-state index is -0.538. The average molecular weight is 208 g/mol. The molecule has 0 atom stereocenters. The Morgan fingerprint density at radius 1 is 1.07 bits per heavy atom. The lowest BCUT2D eigenvalue weighted by molar-refractivity contribution is -0.132. The van der Waals surface area contributed by atoms with Crippen molar-refractivity contribution in [1.82, 2.24) is 0 Å². The van der Waals surface area contributed by atoms with Gasteiger partial charge in [0.2, 0.25) is 11.6 Å². The number of aliphatic hydroxyl groups excluding tert-OH is 1. The van der Waals surface area contributed by atoms with Crippen LogP contribution >= 0.6 is 0 Å². The van der Waals surface area contributed by atoms with Crippen LogP contribution in [0, 0.1) is 0 Å². The molecule has 3 heteroatoms.